The summed E-state index contributed by atoms with van der Waals surface area (Å²) in [6.45, 7) is 2.55. The lowest BCUT2D eigenvalue weighted by Crippen LogP contribution is -2.10. The molecule has 0 aliphatic rings. The molecule has 2 aromatic rings. The van der Waals surface area contributed by atoms with Crippen LogP contribution in [0.3, 0.4) is 0 Å². The molecule has 0 radical (unpaired) electrons. The molecule has 4 nitrogen and oxygen atoms in total. The van der Waals surface area contributed by atoms with Gasteiger partial charge in [-0.25, -0.2) is 0 Å². The standard InChI is InChI=1S/C15H16BrNO3S/c1-3-20-13-5-4-11(6-10(13)8-16)17-15(18)14-7-12(19-2)9-21-14/h4-7,9H,3,8H2,1-2H3,(H,17,18). The Morgan fingerprint density at radius 1 is 1.38 bits per heavy atom. The number of amides is 1. The largest absolute Gasteiger partial charge is 0.496 e. The van der Waals surface area contributed by atoms with Crippen molar-refractivity contribution in [2.75, 3.05) is 19.0 Å². The first kappa shape index (κ1) is 15.9. The highest BCUT2D eigenvalue weighted by atomic mass is 79.9. The summed E-state index contributed by atoms with van der Waals surface area (Å²) in [6, 6.07) is 7.33. The van der Waals surface area contributed by atoms with Crippen LogP contribution in [0.5, 0.6) is 11.5 Å². The summed E-state index contributed by atoms with van der Waals surface area (Å²) in [5, 5.41) is 5.35. The van der Waals surface area contributed by atoms with Gasteiger partial charge in [-0.2, -0.15) is 0 Å². The summed E-state index contributed by atoms with van der Waals surface area (Å²) in [4.78, 5) is 12.8. The van der Waals surface area contributed by atoms with Gasteiger partial charge in [0.25, 0.3) is 5.91 Å². The van der Waals surface area contributed by atoms with Crippen LogP contribution in [0.2, 0.25) is 0 Å². The first-order valence-electron chi connectivity index (χ1n) is 6.43. The summed E-state index contributed by atoms with van der Waals surface area (Å²) in [7, 11) is 1.58. The van der Waals surface area contributed by atoms with E-state index in [-0.39, 0.29) is 5.91 Å². The minimum atomic E-state index is -0.145. The zero-order valence-corrected chi connectivity index (χ0v) is 14.2. The summed E-state index contributed by atoms with van der Waals surface area (Å²) in [6.07, 6.45) is 0. The zero-order chi connectivity index (χ0) is 15.2. The minimum Gasteiger partial charge on any atom is -0.496 e. The van der Waals surface area contributed by atoms with Crippen LogP contribution in [0.1, 0.15) is 22.2 Å². The molecule has 0 unspecified atom stereocenters. The van der Waals surface area contributed by atoms with Gasteiger partial charge in [-0.05, 0) is 25.1 Å². The third kappa shape index (κ3) is 3.98. The van der Waals surface area contributed by atoms with Gasteiger partial charge in [0.15, 0.2) is 0 Å². The smallest absolute Gasteiger partial charge is 0.265 e. The molecule has 1 N–H and O–H groups in total. The van der Waals surface area contributed by atoms with Crippen molar-refractivity contribution in [2.45, 2.75) is 12.3 Å². The van der Waals surface area contributed by atoms with Crippen molar-refractivity contribution in [3.63, 3.8) is 0 Å². The molecule has 1 amide bonds. The number of rotatable bonds is 6. The zero-order valence-electron chi connectivity index (χ0n) is 11.8. The minimum absolute atomic E-state index is 0.145. The van der Waals surface area contributed by atoms with E-state index in [2.05, 4.69) is 21.2 Å². The number of thiophene rings is 1. The number of hydrogen-bond acceptors (Lipinski definition) is 4. The molecule has 0 fully saturated rings. The number of carbonyl (C=O) groups is 1. The SMILES string of the molecule is CCOc1ccc(NC(=O)c2cc(OC)cs2)cc1CBr. The van der Waals surface area contributed by atoms with E-state index in [1.54, 1.807) is 18.6 Å². The Kier molecular flexibility index (Phi) is 5.64. The van der Waals surface area contributed by atoms with Gasteiger partial charge in [0.2, 0.25) is 0 Å². The van der Waals surface area contributed by atoms with Crippen molar-refractivity contribution in [2.24, 2.45) is 0 Å². The van der Waals surface area contributed by atoms with Gasteiger partial charge in [-0.1, -0.05) is 15.9 Å². The lowest BCUT2D eigenvalue weighted by Gasteiger charge is -2.11. The van der Waals surface area contributed by atoms with Crippen molar-refractivity contribution in [3.05, 3.63) is 40.1 Å². The Bertz CT molecular complexity index is 627. The number of carbonyl (C=O) groups excluding carboxylic acids is 1. The number of nitrogens with one attached hydrogen (secondary N) is 1. The Morgan fingerprint density at radius 3 is 2.81 bits per heavy atom. The van der Waals surface area contributed by atoms with Crippen molar-refractivity contribution >= 4 is 38.9 Å². The fourth-order valence-electron chi connectivity index (χ4n) is 1.80. The molecule has 0 aliphatic heterocycles. The second-order valence-electron chi connectivity index (χ2n) is 4.19. The van der Waals surface area contributed by atoms with E-state index in [1.807, 2.05) is 25.1 Å². The van der Waals surface area contributed by atoms with Crippen molar-refractivity contribution in [3.8, 4) is 11.5 Å². The van der Waals surface area contributed by atoms with Crippen LogP contribution in [-0.4, -0.2) is 19.6 Å². The molecule has 0 saturated heterocycles. The lowest BCUT2D eigenvalue weighted by atomic mass is 10.2. The van der Waals surface area contributed by atoms with Crippen molar-refractivity contribution < 1.29 is 14.3 Å². The molecule has 6 heteroatoms. The molecule has 1 aromatic heterocycles. The van der Waals surface area contributed by atoms with Gasteiger partial charge >= 0.3 is 0 Å². The third-order valence-corrected chi connectivity index (χ3v) is 4.31. The number of ether oxygens (including phenoxy) is 2. The molecule has 112 valence electrons. The Labute approximate surface area is 136 Å². The first-order valence-corrected chi connectivity index (χ1v) is 8.43. The van der Waals surface area contributed by atoms with Crippen LogP contribution in [0.15, 0.2) is 29.6 Å². The van der Waals surface area contributed by atoms with E-state index in [0.29, 0.717) is 22.6 Å². The average Bonchev–Trinajstić information content (AvgIpc) is 2.98. The Balaban J connectivity index is 2.13. The second kappa shape index (κ2) is 7.47. The van der Waals surface area contributed by atoms with Gasteiger partial charge < -0.3 is 14.8 Å². The molecule has 0 aliphatic carbocycles. The predicted molar refractivity (Wildman–Crippen MR) is 89.1 cm³/mol. The maximum Gasteiger partial charge on any atom is 0.265 e. The molecular formula is C15H16BrNO3S. The normalized spacial score (nSPS) is 10.2. The fourth-order valence-corrected chi connectivity index (χ4v) is 2.98. The van der Waals surface area contributed by atoms with E-state index in [4.69, 9.17) is 9.47 Å². The van der Waals surface area contributed by atoms with Crippen LogP contribution in [0.25, 0.3) is 0 Å². The van der Waals surface area contributed by atoms with E-state index in [1.165, 1.54) is 11.3 Å². The van der Waals surface area contributed by atoms with Gasteiger partial charge in [0.1, 0.15) is 11.5 Å². The van der Waals surface area contributed by atoms with Crippen LogP contribution in [0, 0.1) is 0 Å². The number of alkyl halides is 1. The number of methoxy groups -OCH3 is 1. The molecule has 0 spiro atoms. The van der Waals surface area contributed by atoms with Gasteiger partial charge in [-0.3, -0.25) is 4.79 Å². The van der Waals surface area contributed by atoms with E-state index in [0.717, 1.165) is 17.0 Å². The van der Waals surface area contributed by atoms with Crippen LogP contribution in [0.4, 0.5) is 5.69 Å². The van der Waals surface area contributed by atoms with E-state index < -0.39 is 0 Å². The Morgan fingerprint density at radius 2 is 2.19 bits per heavy atom. The molecule has 1 aromatic carbocycles. The second-order valence-corrected chi connectivity index (χ2v) is 5.67. The number of hydrogen-bond donors (Lipinski definition) is 1. The first-order chi connectivity index (χ1) is 10.2. The summed E-state index contributed by atoms with van der Waals surface area (Å²) in [5.74, 6) is 1.37. The van der Waals surface area contributed by atoms with Gasteiger partial charge in [-0.15, -0.1) is 11.3 Å². The molecule has 0 atom stereocenters. The van der Waals surface area contributed by atoms with Crippen LogP contribution >= 0.6 is 27.3 Å². The van der Waals surface area contributed by atoms with Crippen molar-refractivity contribution in [1.29, 1.82) is 0 Å². The summed E-state index contributed by atoms with van der Waals surface area (Å²) in [5.41, 5.74) is 1.74. The van der Waals surface area contributed by atoms with E-state index in [9.17, 15) is 4.79 Å². The monoisotopic (exact) mass is 369 g/mol. The average molecular weight is 370 g/mol. The molecule has 1 heterocycles. The molecule has 21 heavy (non-hydrogen) atoms. The van der Waals surface area contributed by atoms with Gasteiger partial charge in [0.05, 0.1) is 18.6 Å². The summed E-state index contributed by atoms with van der Waals surface area (Å²) >= 11 is 4.78. The maximum atomic E-state index is 12.2. The highest BCUT2D eigenvalue weighted by Gasteiger charge is 2.11. The van der Waals surface area contributed by atoms with Crippen LogP contribution in [-0.2, 0) is 5.33 Å². The van der Waals surface area contributed by atoms with Crippen molar-refractivity contribution in [1.82, 2.24) is 0 Å². The third-order valence-electron chi connectivity index (χ3n) is 2.80. The lowest BCUT2D eigenvalue weighted by molar-refractivity contribution is 0.103. The fraction of sp³-hybridized carbons (Fsp3) is 0.267. The number of halogens is 1. The number of anilines is 1. The maximum absolute atomic E-state index is 12.2. The molecular weight excluding hydrogens is 354 g/mol. The molecule has 0 saturated carbocycles. The number of benzene rings is 1. The summed E-state index contributed by atoms with van der Waals surface area (Å²) < 4.78 is 10.6. The van der Waals surface area contributed by atoms with Crippen LogP contribution < -0.4 is 14.8 Å². The predicted octanol–water partition coefficient (Wildman–Crippen LogP) is 4.30. The van der Waals surface area contributed by atoms with E-state index >= 15 is 0 Å². The quantitative estimate of drug-likeness (QED) is 0.772. The molecule has 2 rings (SSSR count). The van der Waals surface area contributed by atoms with Gasteiger partial charge in [0, 0.05) is 28.0 Å². The topological polar surface area (TPSA) is 47.6 Å². The highest BCUT2D eigenvalue weighted by molar-refractivity contribution is 9.08. The molecule has 0 bridgehead atoms. The Hall–Kier alpha value is -1.53. The highest BCUT2D eigenvalue weighted by Crippen LogP contribution is 2.26.